The fourth-order valence-electron chi connectivity index (χ4n) is 1.85. The lowest BCUT2D eigenvalue weighted by Gasteiger charge is -2.09. The van der Waals surface area contributed by atoms with Gasteiger partial charge in [0.05, 0.1) is 5.52 Å². The first-order chi connectivity index (χ1) is 9.49. The number of ketones is 2. The molecule has 2 aromatic rings. The van der Waals surface area contributed by atoms with Crippen molar-refractivity contribution in [2.75, 3.05) is 6.61 Å². The average molecular weight is 271 g/mol. The second-order valence-electron chi connectivity index (χ2n) is 5.00. The van der Waals surface area contributed by atoms with Gasteiger partial charge >= 0.3 is 0 Å². The van der Waals surface area contributed by atoms with E-state index in [2.05, 4.69) is 4.98 Å². The van der Waals surface area contributed by atoms with E-state index < -0.39 is 0 Å². The number of nitrogens with zero attached hydrogens (tertiary/aromatic N) is 1. The summed E-state index contributed by atoms with van der Waals surface area (Å²) in [7, 11) is 0. The summed E-state index contributed by atoms with van der Waals surface area (Å²) in [5.74, 6) is 0.592. The molecule has 0 unspecified atom stereocenters. The summed E-state index contributed by atoms with van der Waals surface area (Å²) >= 11 is 0. The number of rotatable bonds is 5. The molecule has 1 aromatic carbocycles. The molecule has 0 bridgehead atoms. The Morgan fingerprint density at radius 3 is 2.65 bits per heavy atom. The Bertz CT molecular complexity index is 662. The highest BCUT2D eigenvalue weighted by atomic mass is 16.5. The molecule has 0 saturated carbocycles. The summed E-state index contributed by atoms with van der Waals surface area (Å²) in [6.45, 7) is 5.26. The van der Waals surface area contributed by atoms with Gasteiger partial charge in [0.1, 0.15) is 12.4 Å². The Kier molecular flexibility index (Phi) is 4.13. The zero-order valence-corrected chi connectivity index (χ0v) is 11.8. The number of aromatic nitrogens is 1. The highest BCUT2D eigenvalue weighted by Crippen LogP contribution is 2.22. The van der Waals surface area contributed by atoms with E-state index in [4.69, 9.17) is 4.74 Å². The molecule has 0 atom stereocenters. The summed E-state index contributed by atoms with van der Waals surface area (Å²) in [5, 5.41) is 0.794. The van der Waals surface area contributed by atoms with Crippen LogP contribution in [0, 0.1) is 5.92 Å². The number of carbonyl (C=O) groups is 2. The van der Waals surface area contributed by atoms with Crippen molar-refractivity contribution in [3.63, 3.8) is 0 Å². The molecular formula is C16H17NO3. The van der Waals surface area contributed by atoms with E-state index in [0.29, 0.717) is 16.8 Å². The van der Waals surface area contributed by atoms with Crippen molar-refractivity contribution in [1.82, 2.24) is 4.98 Å². The number of Topliss-reactive ketones (excluding diaryl/α,β-unsaturated/α-hetero) is 2. The minimum Gasteiger partial charge on any atom is -0.486 e. The molecule has 2 rings (SSSR count). The number of ether oxygens (including phenoxy) is 1. The first-order valence-corrected chi connectivity index (χ1v) is 6.54. The zero-order chi connectivity index (χ0) is 14.7. The van der Waals surface area contributed by atoms with Crippen LogP contribution >= 0.6 is 0 Å². The molecule has 4 heteroatoms. The predicted molar refractivity (Wildman–Crippen MR) is 77.1 cm³/mol. The minimum atomic E-state index is -0.0436. The highest BCUT2D eigenvalue weighted by molar-refractivity contribution is 6.06. The normalized spacial score (nSPS) is 10.8. The fraction of sp³-hybridized carbons (Fsp3) is 0.312. The van der Waals surface area contributed by atoms with Crippen molar-refractivity contribution in [3.05, 3.63) is 36.0 Å². The average Bonchev–Trinajstić information content (AvgIpc) is 2.43. The number of pyridine rings is 1. The van der Waals surface area contributed by atoms with Crippen molar-refractivity contribution >= 4 is 22.5 Å². The fourth-order valence-corrected chi connectivity index (χ4v) is 1.85. The molecule has 0 spiro atoms. The Morgan fingerprint density at radius 1 is 1.25 bits per heavy atom. The quantitative estimate of drug-likeness (QED) is 0.784. The molecule has 20 heavy (non-hydrogen) atoms. The molecule has 0 amide bonds. The van der Waals surface area contributed by atoms with E-state index in [1.165, 1.54) is 6.92 Å². The maximum atomic E-state index is 11.5. The van der Waals surface area contributed by atoms with E-state index in [1.54, 1.807) is 30.5 Å². The Morgan fingerprint density at radius 2 is 2.00 bits per heavy atom. The zero-order valence-electron chi connectivity index (χ0n) is 11.8. The lowest BCUT2D eigenvalue weighted by atomic mass is 10.1. The standard InChI is InChI=1S/C16H17NO3/c1-10(2)16(19)9-20-12-4-5-14-13(11(3)18)6-7-17-15(14)8-12/h4-8,10H,9H2,1-3H3. The summed E-state index contributed by atoms with van der Waals surface area (Å²) in [5.41, 5.74) is 1.33. The van der Waals surface area contributed by atoms with Crippen molar-refractivity contribution in [3.8, 4) is 5.75 Å². The monoisotopic (exact) mass is 271 g/mol. The number of benzene rings is 1. The summed E-state index contributed by atoms with van der Waals surface area (Å²) in [6.07, 6.45) is 1.60. The second kappa shape index (κ2) is 5.82. The van der Waals surface area contributed by atoms with E-state index in [9.17, 15) is 9.59 Å². The molecule has 0 fully saturated rings. The molecule has 104 valence electrons. The van der Waals surface area contributed by atoms with Crippen LogP contribution < -0.4 is 4.74 Å². The van der Waals surface area contributed by atoms with Crippen LogP contribution in [-0.2, 0) is 4.79 Å². The summed E-state index contributed by atoms with van der Waals surface area (Å²) in [4.78, 5) is 27.3. The van der Waals surface area contributed by atoms with Gasteiger partial charge in [0, 0.05) is 29.1 Å². The summed E-state index contributed by atoms with van der Waals surface area (Å²) in [6, 6.07) is 7.00. The van der Waals surface area contributed by atoms with Gasteiger partial charge in [-0.15, -0.1) is 0 Å². The van der Waals surface area contributed by atoms with Crippen molar-refractivity contribution in [2.24, 2.45) is 5.92 Å². The number of hydrogen-bond donors (Lipinski definition) is 0. The SMILES string of the molecule is CC(=O)c1ccnc2cc(OCC(=O)C(C)C)ccc12. The third-order valence-electron chi connectivity index (χ3n) is 3.12. The molecule has 0 aliphatic heterocycles. The first-order valence-electron chi connectivity index (χ1n) is 6.54. The van der Waals surface area contributed by atoms with Gasteiger partial charge in [-0.25, -0.2) is 0 Å². The van der Waals surface area contributed by atoms with Gasteiger partial charge in [-0.2, -0.15) is 0 Å². The van der Waals surface area contributed by atoms with E-state index >= 15 is 0 Å². The Balaban J connectivity index is 2.26. The van der Waals surface area contributed by atoms with Crippen molar-refractivity contribution < 1.29 is 14.3 Å². The number of hydrogen-bond acceptors (Lipinski definition) is 4. The van der Waals surface area contributed by atoms with Crippen molar-refractivity contribution in [2.45, 2.75) is 20.8 Å². The van der Waals surface area contributed by atoms with Crippen LogP contribution in [0.2, 0.25) is 0 Å². The molecule has 0 saturated heterocycles. The van der Waals surface area contributed by atoms with Crippen LogP contribution in [0.1, 0.15) is 31.1 Å². The van der Waals surface area contributed by atoms with Crippen molar-refractivity contribution in [1.29, 1.82) is 0 Å². The number of fused-ring (bicyclic) bond motifs is 1. The van der Waals surface area contributed by atoms with Gasteiger partial charge in [0.15, 0.2) is 11.6 Å². The summed E-state index contributed by atoms with van der Waals surface area (Å²) < 4.78 is 5.46. The van der Waals surface area contributed by atoms with Crippen LogP contribution in [0.3, 0.4) is 0 Å². The van der Waals surface area contributed by atoms with Crippen LogP contribution in [0.25, 0.3) is 10.9 Å². The lowest BCUT2D eigenvalue weighted by molar-refractivity contribution is -0.123. The lowest BCUT2D eigenvalue weighted by Crippen LogP contribution is -2.16. The maximum Gasteiger partial charge on any atom is 0.172 e. The van der Waals surface area contributed by atoms with E-state index in [-0.39, 0.29) is 24.1 Å². The number of carbonyl (C=O) groups excluding carboxylic acids is 2. The molecule has 1 heterocycles. The van der Waals surface area contributed by atoms with Crippen LogP contribution in [0.15, 0.2) is 30.5 Å². The highest BCUT2D eigenvalue weighted by Gasteiger charge is 2.10. The van der Waals surface area contributed by atoms with Gasteiger partial charge in [-0.3, -0.25) is 14.6 Å². The van der Waals surface area contributed by atoms with Gasteiger partial charge in [0.2, 0.25) is 0 Å². The van der Waals surface area contributed by atoms with Crippen LogP contribution in [0.4, 0.5) is 0 Å². The first kappa shape index (κ1) is 14.2. The van der Waals surface area contributed by atoms with Crippen LogP contribution in [0.5, 0.6) is 5.75 Å². The third-order valence-corrected chi connectivity index (χ3v) is 3.12. The largest absolute Gasteiger partial charge is 0.486 e. The van der Waals surface area contributed by atoms with E-state index in [1.807, 2.05) is 13.8 Å². The Labute approximate surface area is 117 Å². The van der Waals surface area contributed by atoms with Gasteiger partial charge < -0.3 is 4.74 Å². The molecule has 1 aromatic heterocycles. The smallest absolute Gasteiger partial charge is 0.172 e. The van der Waals surface area contributed by atoms with Crippen LogP contribution in [-0.4, -0.2) is 23.2 Å². The minimum absolute atomic E-state index is 0.000976. The molecule has 0 aliphatic carbocycles. The molecular weight excluding hydrogens is 254 g/mol. The predicted octanol–water partition coefficient (Wildman–Crippen LogP) is 3.04. The van der Waals surface area contributed by atoms with E-state index in [0.717, 1.165) is 5.39 Å². The topological polar surface area (TPSA) is 56.3 Å². The molecule has 0 aliphatic rings. The molecule has 0 radical (unpaired) electrons. The molecule has 0 N–H and O–H groups in total. The Hall–Kier alpha value is -2.23. The molecule has 4 nitrogen and oxygen atoms in total. The third kappa shape index (κ3) is 3.02. The maximum absolute atomic E-state index is 11.5. The van der Waals surface area contributed by atoms with Gasteiger partial charge in [-0.1, -0.05) is 13.8 Å². The second-order valence-corrected chi connectivity index (χ2v) is 5.00. The van der Waals surface area contributed by atoms with Gasteiger partial charge in [0.25, 0.3) is 0 Å². The van der Waals surface area contributed by atoms with Gasteiger partial charge in [-0.05, 0) is 25.1 Å².